The number of hydrogen-bond donors (Lipinski definition) is 1. The van der Waals surface area contributed by atoms with Crippen molar-refractivity contribution in [3.8, 4) is 11.5 Å². The lowest BCUT2D eigenvalue weighted by Gasteiger charge is -2.29. The van der Waals surface area contributed by atoms with Crippen molar-refractivity contribution in [2.24, 2.45) is 0 Å². The lowest BCUT2D eigenvalue weighted by Crippen LogP contribution is -2.36. The van der Waals surface area contributed by atoms with Gasteiger partial charge in [-0.1, -0.05) is 32.0 Å². The minimum Gasteiger partial charge on any atom is -0.463 e. The second kappa shape index (κ2) is 6.24. The number of aromatic nitrogens is 2. The number of carbonyl (C=O) groups excluding carboxylic acids is 1. The number of fused-ring (bicyclic) bond motifs is 1. The highest BCUT2D eigenvalue weighted by molar-refractivity contribution is 5.93. The molecule has 0 fully saturated rings. The Kier molecular flexibility index (Phi) is 3.92. The standard InChI is InChI=1S/C20H21N3O2/c1-13(2)15-6-5-14-7-8-23(12-16(14)10-15)20(24)18-11-17(21-22-18)19-4-3-9-25-19/h3-6,9-11,13H,7-8,12H2,1-2H3,(H,21,22). The first-order chi connectivity index (χ1) is 12.1. The number of nitrogens with one attached hydrogen (secondary N) is 1. The molecule has 0 spiro atoms. The zero-order valence-corrected chi connectivity index (χ0v) is 14.5. The summed E-state index contributed by atoms with van der Waals surface area (Å²) >= 11 is 0. The maximum Gasteiger partial charge on any atom is 0.274 e. The summed E-state index contributed by atoms with van der Waals surface area (Å²) in [5, 5.41) is 7.05. The third-order valence-corrected chi connectivity index (χ3v) is 4.78. The number of carbonyl (C=O) groups is 1. The molecule has 1 amide bonds. The van der Waals surface area contributed by atoms with Crippen molar-refractivity contribution in [1.29, 1.82) is 0 Å². The van der Waals surface area contributed by atoms with Crippen LogP contribution < -0.4 is 0 Å². The highest BCUT2D eigenvalue weighted by Gasteiger charge is 2.24. The summed E-state index contributed by atoms with van der Waals surface area (Å²) in [5.41, 5.74) is 5.04. The predicted octanol–water partition coefficient (Wildman–Crippen LogP) is 3.99. The van der Waals surface area contributed by atoms with E-state index in [1.807, 2.05) is 17.0 Å². The van der Waals surface area contributed by atoms with E-state index >= 15 is 0 Å². The first kappa shape index (κ1) is 15.7. The molecule has 0 saturated carbocycles. The van der Waals surface area contributed by atoms with Gasteiger partial charge in [0.2, 0.25) is 0 Å². The molecule has 1 aliphatic heterocycles. The van der Waals surface area contributed by atoms with E-state index in [0.29, 0.717) is 29.6 Å². The van der Waals surface area contributed by atoms with Gasteiger partial charge in [0.25, 0.3) is 5.91 Å². The number of amides is 1. The zero-order chi connectivity index (χ0) is 17.4. The molecule has 128 valence electrons. The van der Waals surface area contributed by atoms with Crippen LogP contribution in [0, 0.1) is 0 Å². The molecule has 5 heteroatoms. The Labute approximate surface area is 146 Å². The SMILES string of the molecule is CC(C)c1ccc2c(c1)CN(C(=O)c1cc(-c3ccco3)[nH]n1)CC2. The lowest BCUT2D eigenvalue weighted by molar-refractivity contribution is 0.0728. The number of furan rings is 1. The van der Waals surface area contributed by atoms with Gasteiger partial charge in [0, 0.05) is 19.2 Å². The molecule has 1 N–H and O–H groups in total. The monoisotopic (exact) mass is 335 g/mol. The van der Waals surface area contributed by atoms with Gasteiger partial charge in [0.1, 0.15) is 5.69 Å². The number of nitrogens with zero attached hydrogens (tertiary/aromatic N) is 2. The van der Waals surface area contributed by atoms with Crippen LogP contribution in [0.25, 0.3) is 11.5 Å². The Hall–Kier alpha value is -2.82. The van der Waals surface area contributed by atoms with Crippen LogP contribution in [0.5, 0.6) is 0 Å². The fourth-order valence-electron chi connectivity index (χ4n) is 3.26. The van der Waals surface area contributed by atoms with E-state index in [0.717, 1.165) is 13.0 Å². The summed E-state index contributed by atoms with van der Waals surface area (Å²) in [7, 11) is 0. The molecule has 1 aromatic carbocycles. The fraction of sp³-hybridized carbons (Fsp3) is 0.300. The number of H-pyrrole nitrogens is 1. The minimum atomic E-state index is -0.0466. The molecule has 0 aliphatic carbocycles. The second-order valence-corrected chi connectivity index (χ2v) is 6.80. The number of benzene rings is 1. The summed E-state index contributed by atoms with van der Waals surface area (Å²) in [5.74, 6) is 1.12. The van der Waals surface area contributed by atoms with Gasteiger partial charge in [-0.3, -0.25) is 9.89 Å². The van der Waals surface area contributed by atoms with E-state index in [4.69, 9.17) is 4.42 Å². The maximum absolute atomic E-state index is 12.8. The molecule has 5 nitrogen and oxygen atoms in total. The molecule has 0 saturated heterocycles. The Morgan fingerprint density at radius 2 is 2.12 bits per heavy atom. The molecular weight excluding hydrogens is 314 g/mol. The van der Waals surface area contributed by atoms with E-state index in [-0.39, 0.29) is 5.91 Å². The number of hydrogen-bond acceptors (Lipinski definition) is 3. The first-order valence-electron chi connectivity index (χ1n) is 8.62. The topological polar surface area (TPSA) is 62.1 Å². The van der Waals surface area contributed by atoms with E-state index in [1.54, 1.807) is 12.3 Å². The van der Waals surface area contributed by atoms with Crippen molar-refractivity contribution in [1.82, 2.24) is 15.1 Å². The Morgan fingerprint density at radius 3 is 2.88 bits per heavy atom. The molecule has 2 aromatic heterocycles. The highest BCUT2D eigenvalue weighted by Crippen LogP contribution is 2.25. The van der Waals surface area contributed by atoms with Gasteiger partial charge in [-0.15, -0.1) is 0 Å². The predicted molar refractivity (Wildman–Crippen MR) is 95.3 cm³/mol. The highest BCUT2D eigenvalue weighted by atomic mass is 16.3. The molecule has 3 heterocycles. The van der Waals surface area contributed by atoms with Gasteiger partial charge < -0.3 is 9.32 Å². The van der Waals surface area contributed by atoms with Crippen molar-refractivity contribution in [2.75, 3.05) is 6.54 Å². The summed E-state index contributed by atoms with van der Waals surface area (Å²) in [6, 6.07) is 12.0. The van der Waals surface area contributed by atoms with Gasteiger partial charge >= 0.3 is 0 Å². The van der Waals surface area contributed by atoms with Crippen LogP contribution in [0.4, 0.5) is 0 Å². The van der Waals surface area contributed by atoms with Crippen LogP contribution in [-0.2, 0) is 13.0 Å². The number of rotatable bonds is 3. The van der Waals surface area contributed by atoms with Gasteiger partial charge in [0.05, 0.1) is 6.26 Å². The summed E-state index contributed by atoms with van der Waals surface area (Å²) in [6.07, 6.45) is 2.49. The van der Waals surface area contributed by atoms with Crippen molar-refractivity contribution < 1.29 is 9.21 Å². The maximum atomic E-state index is 12.8. The zero-order valence-electron chi connectivity index (χ0n) is 14.5. The van der Waals surface area contributed by atoms with Crippen LogP contribution in [0.15, 0.2) is 47.1 Å². The van der Waals surface area contributed by atoms with Crippen molar-refractivity contribution in [2.45, 2.75) is 32.7 Å². The van der Waals surface area contributed by atoms with Gasteiger partial charge in [-0.2, -0.15) is 5.10 Å². The minimum absolute atomic E-state index is 0.0466. The summed E-state index contributed by atoms with van der Waals surface area (Å²) < 4.78 is 5.34. The quantitative estimate of drug-likeness (QED) is 0.787. The smallest absolute Gasteiger partial charge is 0.274 e. The van der Waals surface area contributed by atoms with E-state index in [9.17, 15) is 4.79 Å². The molecule has 0 atom stereocenters. The van der Waals surface area contributed by atoms with Crippen molar-refractivity contribution in [3.05, 3.63) is 65.0 Å². The van der Waals surface area contributed by atoms with E-state index in [1.165, 1.54) is 16.7 Å². The van der Waals surface area contributed by atoms with Crippen molar-refractivity contribution >= 4 is 5.91 Å². The normalized spacial score (nSPS) is 14.0. The van der Waals surface area contributed by atoms with Crippen LogP contribution in [0.3, 0.4) is 0 Å². The third-order valence-electron chi connectivity index (χ3n) is 4.78. The van der Waals surface area contributed by atoms with Crippen LogP contribution in [0.1, 0.15) is 46.9 Å². The Balaban J connectivity index is 1.55. The molecule has 3 aromatic rings. The molecule has 0 bridgehead atoms. The largest absolute Gasteiger partial charge is 0.463 e. The molecule has 4 rings (SSSR count). The van der Waals surface area contributed by atoms with Gasteiger partial charge in [0.15, 0.2) is 11.5 Å². The average molecular weight is 335 g/mol. The summed E-state index contributed by atoms with van der Waals surface area (Å²) in [4.78, 5) is 14.7. The molecular formula is C20H21N3O2. The van der Waals surface area contributed by atoms with Crippen LogP contribution >= 0.6 is 0 Å². The average Bonchev–Trinajstić information content (AvgIpc) is 3.31. The van der Waals surface area contributed by atoms with Crippen molar-refractivity contribution in [3.63, 3.8) is 0 Å². The molecule has 0 unspecified atom stereocenters. The van der Waals surface area contributed by atoms with Crippen LogP contribution in [0.2, 0.25) is 0 Å². The summed E-state index contributed by atoms with van der Waals surface area (Å²) in [6.45, 7) is 5.73. The van der Waals surface area contributed by atoms with Gasteiger partial charge in [-0.05, 0) is 41.2 Å². The lowest BCUT2D eigenvalue weighted by atomic mass is 9.93. The van der Waals surface area contributed by atoms with E-state index < -0.39 is 0 Å². The first-order valence-corrected chi connectivity index (χ1v) is 8.62. The molecule has 0 radical (unpaired) electrons. The van der Waals surface area contributed by atoms with E-state index in [2.05, 4.69) is 42.2 Å². The second-order valence-electron chi connectivity index (χ2n) is 6.80. The Morgan fingerprint density at radius 1 is 1.24 bits per heavy atom. The van der Waals surface area contributed by atoms with Gasteiger partial charge in [-0.25, -0.2) is 0 Å². The van der Waals surface area contributed by atoms with Crippen LogP contribution in [-0.4, -0.2) is 27.5 Å². The number of aromatic amines is 1. The third kappa shape index (κ3) is 2.97. The molecule has 25 heavy (non-hydrogen) atoms. The Bertz CT molecular complexity index is 894. The fourth-order valence-corrected chi connectivity index (χ4v) is 3.26. The molecule has 1 aliphatic rings.